The molecule has 0 heterocycles. The Kier molecular flexibility index (Phi) is 8.14. The van der Waals surface area contributed by atoms with Crippen LogP contribution >= 0.6 is 0 Å². The van der Waals surface area contributed by atoms with E-state index in [4.69, 9.17) is 5.73 Å². The number of aliphatic carboxylic acids is 1. The fourth-order valence-corrected chi connectivity index (χ4v) is 0. The van der Waals surface area contributed by atoms with E-state index in [2.05, 4.69) is 0 Å². The summed E-state index contributed by atoms with van der Waals surface area (Å²) in [4.78, 5) is 9.46. The zero-order valence-corrected chi connectivity index (χ0v) is 7.59. The number of carbonyl (C=O) groups is 1. The van der Waals surface area contributed by atoms with E-state index in [0.717, 1.165) is 0 Å². The minimum Gasteiger partial charge on any atom is -0.548 e. The molecule has 3 nitrogen and oxygen atoms in total. The zero-order valence-electron chi connectivity index (χ0n) is 4.47. The van der Waals surface area contributed by atoms with E-state index in [-0.39, 0.29) is 51.4 Å². The first-order valence-electron chi connectivity index (χ1n) is 1.61. The van der Waals surface area contributed by atoms with E-state index in [1.54, 1.807) is 0 Å². The maximum Gasteiger partial charge on any atom is 1.00 e. The predicted molar refractivity (Wildman–Crippen MR) is 18.7 cm³/mol. The van der Waals surface area contributed by atoms with Gasteiger partial charge in [0.1, 0.15) is 0 Å². The quantitative estimate of drug-likeness (QED) is 0.359. The number of rotatable bonds is 1. The monoisotopic (exact) mass is 127 g/mol. The minimum absolute atomic E-state index is 0. The first kappa shape index (κ1) is 10.9. The van der Waals surface area contributed by atoms with Crippen LogP contribution in [0, 0.1) is 0 Å². The Bertz CT molecular complexity index is 64.0. The molecule has 0 bridgehead atoms. The van der Waals surface area contributed by atoms with Gasteiger partial charge in [0.05, 0.1) is 5.97 Å². The Hall–Kier alpha value is 1.07. The van der Waals surface area contributed by atoms with Crippen LogP contribution < -0.4 is 62.2 Å². The van der Waals surface area contributed by atoms with Gasteiger partial charge in [-0.05, 0) is 6.92 Å². The molecule has 0 aliphatic heterocycles. The average molecular weight is 127 g/mol. The Labute approximate surface area is 84.7 Å². The van der Waals surface area contributed by atoms with E-state index < -0.39 is 12.0 Å². The summed E-state index contributed by atoms with van der Waals surface area (Å²) in [5.41, 5.74) is 4.77. The van der Waals surface area contributed by atoms with Gasteiger partial charge in [0.15, 0.2) is 0 Å². The van der Waals surface area contributed by atoms with Gasteiger partial charge in [-0.2, -0.15) is 0 Å². The van der Waals surface area contributed by atoms with Crippen molar-refractivity contribution >= 4 is 5.97 Å². The minimum atomic E-state index is -1.21. The number of hydrogen-bond acceptors (Lipinski definition) is 3. The molecule has 7 heavy (non-hydrogen) atoms. The largest absolute Gasteiger partial charge is 1.00 e. The van der Waals surface area contributed by atoms with Gasteiger partial charge in [0.25, 0.3) is 0 Å². The molecule has 2 N–H and O–H groups in total. The van der Waals surface area contributed by atoms with Crippen LogP contribution in [-0.4, -0.2) is 12.0 Å². The Balaban J connectivity index is 0. The maximum absolute atomic E-state index is 9.46. The first-order valence-corrected chi connectivity index (χ1v) is 1.61. The predicted octanol–water partition coefficient (Wildman–Crippen LogP) is -4.91. The third kappa shape index (κ3) is 7.07. The SMILES string of the molecule is CC(N)C(=O)[O-].[K+]. The summed E-state index contributed by atoms with van der Waals surface area (Å²) in [6.45, 7) is 1.36. The van der Waals surface area contributed by atoms with Crippen molar-refractivity contribution in [2.75, 3.05) is 0 Å². The van der Waals surface area contributed by atoms with Crippen LogP contribution in [0.4, 0.5) is 0 Å². The van der Waals surface area contributed by atoms with Gasteiger partial charge in [-0.3, -0.25) is 0 Å². The van der Waals surface area contributed by atoms with Gasteiger partial charge in [0.2, 0.25) is 0 Å². The van der Waals surface area contributed by atoms with E-state index in [1.165, 1.54) is 6.92 Å². The van der Waals surface area contributed by atoms with Crippen molar-refractivity contribution in [2.45, 2.75) is 13.0 Å². The van der Waals surface area contributed by atoms with Crippen molar-refractivity contribution in [1.82, 2.24) is 0 Å². The van der Waals surface area contributed by atoms with Crippen molar-refractivity contribution in [3.05, 3.63) is 0 Å². The van der Waals surface area contributed by atoms with Crippen LogP contribution in [0.1, 0.15) is 6.92 Å². The van der Waals surface area contributed by atoms with Crippen LogP contribution in [0.25, 0.3) is 0 Å². The fourth-order valence-electron chi connectivity index (χ4n) is 0. The second-order valence-corrected chi connectivity index (χ2v) is 1.11. The summed E-state index contributed by atoms with van der Waals surface area (Å²) >= 11 is 0. The van der Waals surface area contributed by atoms with E-state index in [9.17, 15) is 9.90 Å². The normalized spacial score (nSPS) is 11.7. The molecule has 0 aliphatic rings. The van der Waals surface area contributed by atoms with Gasteiger partial charge in [-0.15, -0.1) is 0 Å². The Morgan fingerprint density at radius 2 is 2.00 bits per heavy atom. The van der Waals surface area contributed by atoms with Crippen LogP contribution in [-0.2, 0) is 4.79 Å². The molecule has 0 saturated carbocycles. The molecule has 0 saturated heterocycles. The van der Waals surface area contributed by atoms with Crippen LogP contribution in [0.2, 0.25) is 0 Å². The Morgan fingerprint density at radius 1 is 1.86 bits per heavy atom. The molecule has 0 rings (SSSR count). The molecule has 36 valence electrons. The van der Waals surface area contributed by atoms with Crippen LogP contribution in [0.5, 0.6) is 0 Å². The van der Waals surface area contributed by atoms with Crippen molar-refractivity contribution in [1.29, 1.82) is 0 Å². The molecule has 4 heteroatoms. The molecule has 0 aromatic heterocycles. The summed E-state index contributed by atoms with van der Waals surface area (Å²) < 4.78 is 0. The molecule has 1 unspecified atom stereocenters. The van der Waals surface area contributed by atoms with E-state index in [0.29, 0.717) is 0 Å². The topological polar surface area (TPSA) is 66.2 Å². The van der Waals surface area contributed by atoms with Crippen LogP contribution in [0.15, 0.2) is 0 Å². The van der Waals surface area contributed by atoms with Crippen molar-refractivity contribution in [3.63, 3.8) is 0 Å². The smallest absolute Gasteiger partial charge is 0.548 e. The van der Waals surface area contributed by atoms with Gasteiger partial charge in [-0.25, -0.2) is 0 Å². The molecule has 1 atom stereocenters. The molecule has 0 fully saturated rings. The van der Waals surface area contributed by atoms with Gasteiger partial charge >= 0.3 is 51.4 Å². The van der Waals surface area contributed by atoms with Crippen molar-refractivity contribution < 1.29 is 61.3 Å². The number of carboxylic acids is 1. The van der Waals surface area contributed by atoms with Crippen molar-refractivity contribution in [2.24, 2.45) is 5.73 Å². The molecule has 0 spiro atoms. The molecule has 0 aliphatic carbocycles. The third-order valence-corrected chi connectivity index (χ3v) is 0.372. The summed E-state index contributed by atoms with van der Waals surface area (Å²) in [7, 11) is 0. The molecule has 0 aromatic rings. The standard InChI is InChI=1S/C3H7NO2.K/c1-2(4)3(5)6;/h2H,4H2,1H3,(H,5,6);/q;+1/p-1. The van der Waals surface area contributed by atoms with Gasteiger partial charge in [-0.1, -0.05) is 0 Å². The first-order chi connectivity index (χ1) is 2.64. The summed E-state index contributed by atoms with van der Waals surface area (Å²) in [6.07, 6.45) is 0. The summed E-state index contributed by atoms with van der Waals surface area (Å²) in [5.74, 6) is -1.21. The molecule has 0 amide bonds. The second-order valence-electron chi connectivity index (χ2n) is 1.11. The Morgan fingerprint density at radius 3 is 2.00 bits per heavy atom. The molecule has 0 radical (unpaired) electrons. The molecule has 0 aromatic carbocycles. The third-order valence-electron chi connectivity index (χ3n) is 0.372. The fraction of sp³-hybridized carbons (Fsp3) is 0.667. The van der Waals surface area contributed by atoms with Gasteiger partial charge in [0, 0.05) is 6.04 Å². The zero-order chi connectivity index (χ0) is 5.15. The van der Waals surface area contributed by atoms with Crippen LogP contribution in [0.3, 0.4) is 0 Å². The molecular formula is C3H6KNO2. The van der Waals surface area contributed by atoms with Crippen molar-refractivity contribution in [3.8, 4) is 0 Å². The number of carbonyl (C=O) groups excluding carboxylic acids is 1. The second kappa shape index (κ2) is 5.21. The average Bonchev–Trinajstić information content (AvgIpc) is 1.36. The van der Waals surface area contributed by atoms with E-state index in [1.807, 2.05) is 0 Å². The number of nitrogens with two attached hydrogens (primary N) is 1. The van der Waals surface area contributed by atoms with E-state index >= 15 is 0 Å². The summed E-state index contributed by atoms with van der Waals surface area (Å²) in [5, 5.41) is 9.46. The summed E-state index contributed by atoms with van der Waals surface area (Å²) in [6, 6.07) is -0.843. The maximum atomic E-state index is 9.46. The molecular weight excluding hydrogens is 121 g/mol. The van der Waals surface area contributed by atoms with Gasteiger partial charge < -0.3 is 15.6 Å². The number of carboxylic acid groups (broad SMARTS) is 1. The number of hydrogen-bond donors (Lipinski definition) is 1.